The third-order valence-corrected chi connectivity index (χ3v) is 6.21. The molecule has 1 N–H and O–H groups in total. The summed E-state index contributed by atoms with van der Waals surface area (Å²) in [5, 5.41) is 2.91. The van der Waals surface area contributed by atoms with E-state index in [2.05, 4.69) is 21.2 Å². The van der Waals surface area contributed by atoms with Crippen LogP contribution in [0.1, 0.15) is 23.2 Å². The van der Waals surface area contributed by atoms with Crippen molar-refractivity contribution in [2.24, 2.45) is 11.8 Å². The Hall–Kier alpha value is -2.97. The molecule has 0 bridgehead atoms. The first-order valence-electron chi connectivity index (χ1n) is 9.90. The highest BCUT2D eigenvalue weighted by Crippen LogP contribution is 2.37. The molecule has 0 radical (unpaired) electrons. The quantitative estimate of drug-likeness (QED) is 0.362. The second-order valence-electron chi connectivity index (χ2n) is 7.46. The van der Waals surface area contributed by atoms with Gasteiger partial charge >= 0.3 is 5.97 Å². The van der Waals surface area contributed by atoms with Crippen molar-refractivity contribution in [3.8, 4) is 0 Å². The van der Waals surface area contributed by atoms with Crippen LogP contribution in [-0.4, -0.2) is 30.3 Å². The largest absolute Gasteiger partial charge is 0.452 e. The average Bonchev–Trinajstić information content (AvgIpc) is 3.04. The van der Waals surface area contributed by atoms with Crippen LogP contribution >= 0.6 is 27.5 Å². The Morgan fingerprint density at radius 2 is 1.66 bits per heavy atom. The van der Waals surface area contributed by atoms with Crippen LogP contribution in [0.25, 0.3) is 0 Å². The smallest absolute Gasteiger partial charge is 0.338 e. The molecule has 164 valence electrons. The van der Waals surface area contributed by atoms with E-state index in [1.807, 2.05) is 12.2 Å². The van der Waals surface area contributed by atoms with Crippen LogP contribution < -0.4 is 10.2 Å². The van der Waals surface area contributed by atoms with Crippen LogP contribution in [0.4, 0.5) is 11.4 Å². The molecule has 2 aromatic rings. The minimum Gasteiger partial charge on any atom is -0.452 e. The molecule has 1 aliphatic carbocycles. The highest BCUT2D eigenvalue weighted by Gasteiger charge is 2.47. The SMILES string of the molecule is O=C(COC(=O)c1ccc(N2C(=O)[C@H]3CC=CC[C@@H]3C2=O)cc1)Nc1ccc(Br)cc1Cl. The van der Waals surface area contributed by atoms with Gasteiger partial charge in [0.05, 0.1) is 33.8 Å². The minimum atomic E-state index is -0.703. The van der Waals surface area contributed by atoms with Gasteiger partial charge in [0, 0.05) is 4.47 Å². The molecule has 2 aromatic carbocycles. The number of anilines is 2. The van der Waals surface area contributed by atoms with E-state index in [-0.39, 0.29) is 29.2 Å². The first kappa shape index (κ1) is 22.2. The lowest BCUT2D eigenvalue weighted by Gasteiger charge is -2.15. The van der Waals surface area contributed by atoms with Crippen molar-refractivity contribution in [3.63, 3.8) is 0 Å². The molecule has 0 spiro atoms. The second-order valence-corrected chi connectivity index (χ2v) is 8.79. The molecule has 1 saturated heterocycles. The summed E-state index contributed by atoms with van der Waals surface area (Å²) in [5.41, 5.74) is 1.01. The van der Waals surface area contributed by atoms with Crippen molar-refractivity contribution < 1.29 is 23.9 Å². The first-order valence-corrected chi connectivity index (χ1v) is 11.1. The average molecular weight is 518 g/mol. The summed E-state index contributed by atoms with van der Waals surface area (Å²) in [6.07, 6.45) is 4.97. The Labute approximate surface area is 197 Å². The molecule has 9 heteroatoms. The zero-order valence-electron chi connectivity index (χ0n) is 16.7. The van der Waals surface area contributed by atoms with E-state index in [0.717, 1.165) is 4.47 Å². The van der Waals surface area contributed by atoms with Gasteiger partial charge in [-0.15, -0.1) is 0 Å². The molecule has 2 aliphatic rings. The van der Waals surface area contributed by atoms with Crippen molar-refractivity contribution >= 4 is 62.6 Å². The first-order chi connectivity index (χ1) is 15.3. The van der Waals surface area contributed by atoms with E-state index in [1.165, 1.54) is 29.2 Å². The molecule has 1 heterocycles. The van der Waals surface area contributed by atoms with Gasteiger partial charge in [0.2, 0.25) is 11.8 Å². The Balaban J connectivity index is 1.36. The van der Waals surface area contributed by atoms with Crippen LogP contribution in [-0.2, 0) is 19.1 Å². The van der Waals surface area contributed by atoms with Crippen molar-refractivity contribution in [2.45, 2.75) is 12.8 Å². The Morgan fingerprint density at radius 3 is 2.25 bits per heavy atom. The highest BCUT2D eigenvalue weighted by molar-refractivity contribution is 9.10. The van der Waals surface area contributed by atoms with Crippen LogP contribution in [0.5, 0.6) is 0 Å². The number of halogens is 2. The van der Waals surface area contributed by atoms with Crippen molar-refractivity contribution in [1.82, 2.24) is 0 Å². The molecule has 1 aliphatic heterocycles. The number of carbonyl (C=O) groups excluding carboxylic acids is 4. The molecule has 3 amide bonds. The second kappa shape index (κ2) is 9.26. The van der Waals surface area contributed by atoms with Gasteiger partial charge in [-0.05, 0) is 55.3 Å². The fourth-order valence-electron chi connectivity index (χ4n) is 3.79. The third kappa shape index (κ3) is 4.47. The standard InChI is InChI=1S/C23H18BrClN2O5/c24-14-7-10-19(18(25)11-14)26-20(28)12-32-23(31)13-5-8-15(9-6-13)27-21(29)16-3-1-2-4-17(16)22(27)30/h1-2,5-11,16-17H,3-4,12H2,(H,26,28)/t16-,17-/m0/s1. The summed E-state index contributed by atoms with van der Waals surface area (Å²) in [4.78, 5) is 50.9. The number of imide groups is 1. The zero-order valence-corrected chi connectivity index (χ0v) is 19.1. The van der Waals surface area contributed by atoms with Gasteiger partial charge in [0.15, 0.2) is 6.61 Å². The maximum atomic E-state index is 12.7. The highest BCUT2D eigenvalue weighted by atomic mass is 79.9. The summed E-state index contributed by atoms with van der Waals surface area (Å²) in [6.45, 7) is -0.494. The molecule has 32 heavy (non-hydrogen) atoms. The summed E-state index contributed by atoms with van der Waals surface area (Å²) in [5.74, 6) is -2.33. The number of carbonyl (C=O) groups is 4. The van der Waals surface area contributed by atoms with E-state index in [4.69, 9.17) is 16.3 Å². The maximum absolute atomic E-state index is 12.7. The number of hydrogen-bond acceptors (Lipinski definition) is 5. The number of esters is 1. The molecule has 2 atom stereocenters. The lowest BCUT2D eigenvalue weighted by atomic mass is 9.85. The molecule has 1 fully saturated rings. The fourth-order valence-corrected chi connectivity index (χ4v) is 4.51. The number of fused-ring (bicyclic) bond motifs is 1. The number of rotatable bonds is 5. The molecule has 0 saturated carbocycles. The minimum absolute atomic E-state index is 0.196. The number of benzene rings is 2. The lowest BCUT2D eigenvalue weighted by molar-refractivity contribution is -0.122. The van der Waals surface area contributed by atoms with Gasteiger partial charge in [0.1, 0.15) is 0 Å². The summed E-state index contributed by atoms with van der Waals surface area (Å²) in [7, 11) is 0. The molecular weight excluding hydrogens is 500 g/mol. The van der Waals surface area contributed by atoms with Gasteiger partial charge < -0.3 is 10.1 Å². The van der Waals surface area contributed by atoms with Crippen LogP contribution in [0.15, 0.2) is 59.1 Å². The number of nitrogens with zero attached hydrogens (tertiary/aromatic N) is 1. The Kier molecular flexibility index (Phi) is 6.43. The Morgan fingerprint density at radius 1 is 1.03 bits per heavy atom. The van der Waals surface area contributed by atoms with Crippen molar-refractivity contribution in [3.05, 3.63) is 69.7 Å². The number of nitrogens with one attached hydrogen (secondary N) is 1. The van der Waals surface area contributed by atoms with Gasteiger partial charge in [-0.1, -0.05) is 39.7 Å². The van der Waals surface area contributed by atoms with Gasteiger partial charge in [-0.3, -0.25) is 19.3 Å². The topological polar surface area (TPSA) is 92.8 Å². The van der Waals surface area contributed by atoms with Crippen molar-refractivity contribution in [2.75, 3.05) is 16.8 Å². The Bertz CT molecular complexity index is 1110. The van der Waals surface area contributed by atoms with Crippen molar-refractivity contribution in [1.29, 1.82) is 0 Å². The van der Waals surface area contributed by atoms with Crippen LogP contribution in [0.2, 0.25) is 5.02 Å². The molecule has 4 rings (SSSR count). The summed E-state index contributed by atoms with van der Waals surface area (Å²) < 4.78 is 5.82. The number of hydrogen-bond donors (Lipinski definition) is 1. The van der Waals surface area contributed by atoms with E-state index in [0.29, 0.717) is 29.2 Å². The molecule has 0 aromatic heterocycles. The third-order valence-electron chi connectivity index (χ3n) is 5.41. The van der Waals surface area contributed by atoms with Crippen LogP contribution in [0, 0.1) is 11.8 Å². The number of amides is 3. The van der Waals surface area contributed by atoms with E-state index >= 15 is 0 Å². The number of allylic oxidation sites excluding steroid dienone is 2. The molecular formula is C23H18BrClN2O5. The molecule has 0 unspecified atom stereocenters. The summed E-state index contributed by atoms with van der Waals surface area (Å²) in [6, 6.07) is 10.9. The normalized spacial score (nSPS) is 19.6. The van der Waals surface area contributed by atoms with Gasteiger partial charge in [-0.2, -0.15) is 0 Å². The fraction of sp³-hybridized carbons (Fsp3) is 0.217. The van der Waals surface area contributed by atoms with Gasteiger partial charge in [0.25, 0.3) is 5.91 Å². The lowest BCUT2D eigenvalue weighted by Crippen LogP contribution is -2.30. The monoisotopic (exact) mass is 516 g/mol. The van der Waals surface area contributed by atoms with E-state index in [1.54, 1.807) is 18.2 Å². The summed E-state index contributed by atoms with van der Waals surface area (Å²) >= 11 is 9.33. The van der Waals surface area contributed by atoms with E-state index < -0.39 is 18.5 Å². The van der Waals surface area contributed by atoms with E-state index in [9.17, 15) is 19.2 Å². The molecule has 7 nitrogen and oxygen atoms in total. The van der Waals surface area contributed by atoms with Crippen LogP contribution in [0.3, 0.4) is 0 Å². The predicted molar refractivity (Wildman–Crippen MR) is 122 cm³/mol. The maximum Gasteiger partial charge on any atom is 0.338 e. The number of ether oxygens (including phenoxy) is 1. The van der Waals surface area contributed by atoms with Gasteiger partial charge in [-0.25, -0.2) is 4.79 Å². The zero-order chi connectivity index (χ0) is 22.8. The predicted octanol–water partition coefficient (Wildman–Crippen LogP) is 4.35.